The number of hydrogen-bond acceptors (Lipinski definition) is 4. The zero-order valence-corrected chi connectivity index (χ0v) is 21.0. The van der Waals surface area contributed by atoms with Crippen LogP contribution < -0.4 is 10.5 Å². The molecule has 0 amide bonds. The number of fused-ring (bicyclic) bond motifs is 1. The topological polar surface area (TPSA) is 66.5 Å². The Bertz CT molecular complexity index is 1340. The van der Waals surface area contributed by atoms with E-state index in [2.05, 4.69) is 67.1 Å². The highest BCUT2D eigenvalue weighted by Crippen LogP contribution is 2.33. The minimum absolute atomic E-state index is 0.190. The van der Waals surface area contributed by atoms with Crippen LogP contribution in [0.4, 0.5) is 0 Å². The SMILES string of the molecule is CCOC(=O)Cc1ccc(C)cc1OCc1cc(-c2cccc(CN)c2)c2ccn(C(C)C)c2c1. The lowest BCUT2D eigenvalue weighted by molar-refractivity contribution is -0.142. The van der Waals surface area contributed by atoms with Gasteiger partial charge in [0.25, 0.3) is 0 Å². The number of rotatable bonds is 9. The maximum absolute atomic E-state index is 12.1. The molecule has 0 aliphatic heterocycles. The number of benzene rings is 3. The van der Waals surface area contributed by atoms with E-state index in [0.717, 1.165) is 33.4 Å². The number of hydrogen-bond donors (Lipinski definition) is 1. The van der Waals surface area contributed by atoms with Crippen LogP contribution in [0.25, 0.3) is 22.0 Å². The van der Waals surface area contributed by atoms with E-state index in [0.29, 0.717) is 31.5 Å². The highest BCUT2D eigenvalue weighted by Gasteiger charge is 2.14. The summed E-state index contributed by atoms with van der Waals surface area (Å²) >= 11 is 0. The van der Waals surface area contributed by atoms with Gasteiger partial charge in [-0.3, -0.25) is 4.79 Å². The van der Waals surface area contributed by atoms with E-state index >= 15 is 0 Å². The number of ether oxygens (including phenoxy) is 2. The maximum atomic E-state index is 12.1. The van der Waals surface area contributed by atoms with Gasteiger partial charge in [0, 0.05) is 35.2 Å². The first-order valence-corrected chi connectivity index (χ1v) is 12.2. The van der Waals surface area contributed by atoms with E-state index in [-0.39, 0.29) is 12.4 Å². The van der Waals surface area contributed by atoms with Crippen molar-refractivity contribution in [3.8, 4) is 16.9 Å². The van der Waals surface area contributed by atoms with Crippen LogP contribution in [0.15, 0.2) is 66.9 Å². The van der Waals surface area contributed by atoms with Crippen molar-refractivity contribution >= 4 is 16.9 Å². The van der Waals surface area contributed by atoms with Gasteiger partial charge in [0.1, 0.15) is 12.4 Å². The lowest BCUT2D eigenvalue weighted by Gasteiger charge is -2.16. The quantitative estimate of drug-likeness (QED) is 0.290. The van der Waals surface area contributed by atoms with Gasteiger partial charge in [-0.15, -0.1) is 0 Å². The molecule has 2 N–H and O–H groups in total. The monoisotopic (exact) mass is 470 g/mol. The third kappa shape index (κ3) is 5.57. The molecule has 5 heteroatoms. The highest BCUT2D eigenvalue weighted by atomic mass is 16.5. The van der Waals surface area contributed by atoms with Crippen molar-refractivity contribution in [2.24, 2.45) is 5.73 Å². The van der Waals surface area contributed by atoms with Gasteiger partial charge in [-0.2, -0.15) is 0 Å². The molecule has 0 aliphatic rings. The van der Waals surface area contributed by atoms with E-state index in [1.54, 1.807) is 0 Å². The van der Waals surface area contributed by atoms with Crippen LogP contribution in [0.2, 0.25) is 0 Å². The standard InChI is InChI=1S/C30H34N2O3/c1-5-34-30(33)17-25-10-9-21(4)13-29(25)35-19-23-15-27(24-8-6-7-22(14-24)18-31)26-11-12-32(20(2)3)28(26)16-23/h6-16,20H,5,17-19,31H2,1-4H3. The summed E-state index contributed by atoms with van der Waals surface area (Å²) in [5.74, 6) is 0.462. The van der Waals surface area contributed by atoms with Gasteiger partial charge in [0.05, 0.1) is 13.0 Å². The maximum Gasteiger partial charge on any atom is 0.310 e. The van der Waals surface area contributed by atoms with Crippen molar-refractivity contribution in [2.75, 3.05) is 6.61 Å². The van der Waals surface area contributed by atoms with Gasteiger partial charge in [-0.1, -0.05) is 30.3 Å². The Kier molecular flexibility index (Phi) is 7.57. The minimum Gasteiger partial charge on any atom is -0.489 e. The van der Waals surface area contributed by atoms with Crippen molar-refractivity contribution in [3.05, 3.63) is 89.1 Å². The summed E-state index contributed by atoms with van der Waals surface area (Å²) < 4.78 is 13.7. The number of carbonyl (C=O) groups excluding carboxylic acids is 1. The van der Waals surface area contributed by atoms with Gasteiger partial charge in [0.15, 0.2) is 0 Å². The van der Waals surface area contributed by atoms with Crippen molar-refractivity contribution in [3.63, 3.8) is 0 Å². The lowest BCUT2D eigenvalue weighted by atomic mass is 9.97. The van der Waals surface area contributed by atoms with Crippen LogP contribution >= 0.6 is 0 Å². The van der Waals surface area contributed by atoms with E-state index < -0.39 is 0 Å². The van der Waals surface area contributed by atoms with E-state index in [1.807, 2.05) is 32.0 Å². The van der Waals surface area contributed by atoms with Crippen LogP contribution in [0.1, 0.15) is 49.1 Å². The number of nitrogens with zero attached hydrogens (tertiary/aromatic N) is 1. The summed E-state index contributed by atoms with van der Waals surface area (Å²) in [6, 6.07) is 21.2. The zero-order chi connectivity index (χ0) is 24.9. The first-order valence-electron chi connectivity index (χ1n) is 12.2. The normalized spacial score (nSPS) is 11.3. The molecule has 4 rings (SSSR count). The first kappa shape index (κ1) is 24.6. The van der Waals surface area contributed by atoms with Crippen molar-refractivity contribution in [1.82, 2.24) is 4.57 Å². The average molecular weight is 471 g/mol. The van der Waals surface area contributed by atoms with Crippen LogP contribution in [0.3, 0.4) is 0 Å². The van der Waals surface area contributed by atoms with Crippen LogP contribution in [-0.4, -0.2) is 17.1 Å². The Hall–Kier alpha value is -3.57. The Morgan fingerprint density at radius 1 is 1.03 bits per heavy atom. The molecule has 0 spiro atoms. The second kappa shape index (κ2) is 10.8. The molecule has 182 valence electrons. The fraction of sp³-hybridized carbons (Fsp3) is 0.300. The summed E-state index contributed by atoms with van der Waals surface area (Å²) in [7, 11) is 0. The number of nitrogens with two attached hydrogens (primary N) is 1. The second-order valence-electron chi connectivity index (χ2n) is 9.18. The largest absolute Gasteiger partial charge is 0.489 e. The molecule has 4 aromatic rings. The number of aryl methyl sites for hydroxylation is 1. The third-order valence-corrected chi connectivity index (χ3v) is 6.19. The number of aromatic nitrogens is 1. The fourth-order valence-corrected chi connectivity index (χ4v) is 4.43. The molecule has 0 saturated carbocycles. The van der Waals surface area contributed by atoms with E-state index in [9.17, 15) is 4.79 Å². The molecule has 0 unspecified atom stereocenters. The van der Waals surface area contributed by atoms with Gasteiger partial charge in [0.2, 0.25) is 0 Å². The molecule has 1 aromatic heterocycles. The van der Waals surface area contributed by atoms with Crippen molar-refractivity contribution in [1.29, 1.82) is 0 Å². The molecule has 0 radical (unpaired) electrons. The smallest absolute Gasteiger partial charge is 0.310 e. The summed E-state index contributed by atoms with van der Waals surface area (Å²) in [5.41, 5.74) is 13.5. The molecule has 1 heterocycles. The van der Waals surface area contributed by atoms with E-state index in [1.165, 1.54) is 10.9 Å². The summed E-state index contributed by atoms with van der Waals surface area (Å²) in [4.78, 5) is 12.1. The summed E-state index contributed by atoms with van der Waals surface area (Å²) in [6.07, 6.45) is 2.34. The fourth-order valence-electron chi connectivity index (χ4n) is 4.43. The highest BCUT2D eigenvalue weighted by molar-refractivity contribution is 5.96. The molecular formula is C30H34N2O3. The molecule has 0 fully saturated rings. The Morgan fingerprint density at radius 2 is 1.86 bits per heavy atom. The lowest BCUT2D eigenvalue weighted by Crippen LogP contribution is -2.09. The molecular weight excluding hydrogens is 436 g/mol. The van der Waals surface area contributed by atoms with Gasteiger partial charge in [-0.05, 0) is 85.8 Å². The van der Waals surface area contributed by atoms with Crippen LogP contribution in [0, 0.1) is 6.92 Å². The van der Waals surface area contributed by atoms with Crippen molar-refractivity contribution in [2.45, 2.75) is 53.3 Å². The molecule has 5 nitrogen and oxygen atoms in total. The molecule has 3 aromatic carbocycles. The Morgan fingerprint density at radius 3 is 2.60 bits per heavy atom. The number of esters is 1. The second-order valence-corrected chi connectivity index (χ2v) is 9.18. The summed E-state index contributed by atoms with van der Waals surface area (Å²) in [5, 5.41) is 1.20. The first-order chi connectivity index (χ1) is 16.9. The average Bonchev–Trinajstić information content (AvgIpc) is 3.28. The van der Waals surface area contributed by atoms with Gasteiger partial charge < -0.3 is 19.8 Å². The third-order valence-electron chi connectivity index (χ3n) is 6.19. The predicted octanol–water partition coefficient (Wildman–Crippen LogP) is 6.34. The number of carbonyl (C=O) groups is 1. The van der Waals surface area contributed by atoms with Crippen LogP contribution in [-0.2, 0) is 29.1 Å². The van der Waals surface area contributed by atoms with E-state index in [4.69, 9.17) is 15.2 Å². The van der Waals surface area contributed by atoms with Gasteiger partial charge in [-0.25, -0.2) is 0 Å². The molecule has 0 saturated heterocycles. The molecule has 0 bridgehead atoms. The molecule has 0 aliphatic carbocycles. The van der Waals surface area contributed by atoms with Crippen molar-refractivity contribution < 1.29 is 14.3 Å². The molecule has 35 heavy (non-hydrogen) atoms. The Balaban J connectivity index is 1.72. The van der Waals surface area contributed by atoms with Gasteiger partial charge >= 0.3 is 5.97 Å². The van der Waals surface area contributed by atoms with Crippen LogP contribution in [0.5, 0.6) is 5.75 Å². The zero-order valence-electron chi connectivity index (χ0n) is 21.0. The molecule has 0 atom stereocenters. The predicted molar refractivity (Wildman–Crippen MR) is 141 cm³/mol. The Labute approximate surface area is 207 Å². The minimum atomic E-state index is -0.251. The summed E-state index contributed by atoms with van der Waals surface area (Å²) in [6.45, 7) is 9.47.